The monoisotopic (exact) mass is 449 g/mol. The van der Waals surface area contributed by atoms with E-state index in [1.165, 1.54) is 0 Å². The molecular weight excluding hydrogens is 425 g/mol. The maximum atomic E-state index is 12.5. The van der Waals surface area contributed by atoms with Gasteiger partial charge in [-0.2, -0.15) is 0 Å². The van der Waals surface area contributed by atoms with E-state index in [9.17, 15) is 4.79 Å². The molecule has 1 saturated heterocycles. The second-order valence-electron chi connectivity index (χ2n) is 6.78. The molecule has 0 aromatic heterocycles. The third-order valence-electron chi connectivity index (χ3n) is 4.38. The molecule has 1 aliphatic heterocycles. The van der Waals surface area contributed by atoms with Crippen molar-refractivity contribution in [2.24, 2.45) is 22.7 Å². The number of aliphatic imine (C=N–C) groups is 1. The second kappa shape index (κ2) is 7.57. The zero-order valence-electron chi connectivity index (χ0n) is 13.8. The highest BCUT2D eigenvalue weighted by Gasteiger charge is 2.59. The number of nitrogens with one attached hydrogen (secondary N) is 1. The third-order valence-corrected chi connectivity index (χ3v) is 6.54. The van der Waals surface area contributed by atoms with Gasteiger partial charge in [-0.25, -0.2) is 9.30 Å². The SMILES string of the molecule is C=C/C(C)=C(\N=C)OCC(C)(C)NC(=O)C1C2CN(SI)CC21. The number of hydrogen-bond donors (Lipinski definition) is 1. The first-order valence-corrected chi connectivity index (χ1v) is 10.9. The average molecular weight is 449 g/mol. The van der Waals surface area contributed by atoms with Crippen molar-refractivity contribution in [1.82, 2.24) is 9.62 Å². The summed E-state index contributed by atoms with van der Waals surface area (Å²) in [6, 6.07) is 0. The highest BCUT2D eigenvalue weighted by atomic mass is 127. The number of ether oxygens (including phenoxy) is 1. The number of fused-ring (bicyclic) bond motifs is 1. The first-order valence-electron chi connectivity index (χ1n) is 7.61. The molecule has 1 aliphatic carbocycles. The van der Waals surface area contributed by atoms with Crippen molar-refractivity contribution >= 4 is 42.9 Å². The number of carbonyl (C=O) groups is 1. The second-order valence-corrected chi connectivity index (χ2v) is 8.62. The van der Waals surface area contributed by atoms with Gasteiger partial charge in [0.15, 0.2) is 0 Å². The molecule has 0 bridgehead atoms. The van der Waals surface area contributed by atoms with Gasteiger partial charge in [0.2, 0.25) is 11.8 Å². The fourth-order valence-electron chi connectivity index (χ4n) is 3.01. The summed E-state index contributed by atoms with van der Waals surface area (Å²) in [4.78, 5) is 16.3. The fourth-order valence-corrected chi connectivity index (χ4v) is 4.43. The summed E-state index contributed by atoms with van der Waals surface area (Å²) in [5, 5.41) is 3.11. The minimum absolute atomic E-state index is 0.143. The highest BCUT2D eigenvalue weighted by molar-refractivity contribution is 14.2. The van der Waals surface area contributed by atoms with E-state index in [4.69, 9.17) is 4.74 Å². The van der Waals surface area contributed by atoms with E-state index >= 15 is 0 Å². The summed E-state index contributed by atoms with van der Waals surface area (Å²) in [6.07, 6.45) is 1.68. The Balaban J connectivity index is 1.84. The zero-order valence-corrected chi connectivity index (χ0v) is 16.8. The van der Waals surface area contributed by atoms with Crippen molar-refractivity contribution in [2.75, 3.05) is 19.7 Å². The van der Waals surface area contributed by atoms with Crippen LogP contribution in [0.2, 0.25) is 0 Å². The predicted octanol–water partition coefficient (Wildman–Crippen LogP) is 3.19. The maximum Gasteiger partial charge on any atom is 0.224 e. The van der Waals surface area contributed by atoms with Gasteiger partial charge >= 0.3 is 0 Å². The molecule has 2 rings (SSSR count). The molecule has 1 amide bonds. The van der Waals surface area contributed by atoms with E-state index in [1.54, 1.807) is 15.2 Å². The molecule has 0 aromatic rings. The zero-order chi connectivity index (χ0) is 17.2. The lowest BCUT2D eigenvalue weighted by Gasteiger charge is -2.27. The molecule has 2 aliphatic rings. The van der Waals surface area contributed by atoms with Crippen LogP contribution in [-0.4, -0.2) is 42.2 Å². The quantitative estimate of drug-likeness (QED) is 0.203. The van der Waals surface area contributed by atoms with E-state index in [0.717, 1.165) is 18.7 Å². The van der Waals surface area contributed by atoms with Crippen molar-refractivity contribution < 1.29 is 9.53 Å². The molecule has 0 spiro atoms. The molecule has 128 valence electrons. The normalized spacial score (nSPS) is 27.7. The lowest BCUT2D eigenvalue weighted by atomic mass is 10.1. The van der Waals surface area contributed by atoms with Crippen LogP contribution >= 0.6 is 30.3 Å². The Hall–Kier alpha value is -0.540. The molecule has 23 heavy (non-hydrogen) atoms. The van der Waals surface area contributed by atoms with Gasteiger partial charge in [-0.05, 0) is 48.4 Å². The summed E-state index contributed by atoms with van der Waals surface area (Å²) >= 11 is 2.30. The van der Waals surface area contributed by atoms with E-state index in [2.05, 4.69) is 49.1 Å². The van der Waals surface area contributed by atoms with Gasteiger partial charge in [0.25, 0.3) is 0 Å². The van der Waals surface area contributed by atoms with Crippen molar-refractivity contribution in [3.05, 3.63) is 24.1 Å². The van der Waals surface area contributed by atoms with Crippen LogP contribution in [0.25, 0.3) is 0 Å². The molecule has 1 N–H and O–H groups in total. The highest BCUT2D eigenvalue weighted by Crippen LogP contribution is 2.53. The predicted molar refractivity (Wildman–Crippen MR) is 104 cm³/mol. The van der Waals surface area contributed by atoms with E-state index in [0.29, 0.717) is 24.3 Å². The van der Waals surface area contributed by atoms with Crippen molar-refractivity contribution in [3.63, 3.8) is 0 Å². The number of hydrogen-bond acceptors (Lipinski definition) is 5. The number of nitrogens with zero attached hydrogens (tertiary/aromatic N) is 2. The minimum atomic E-state index is -0.455. The molecule has 1 saturated carbocycles. The Morgan fingerprint density at radius 2 is 2.13 bits per heavy atom. The van der Waals surface area contributed by atoms with Gasteiger partial charge in [-0.15, -0.1) is 0 Å². The van der Waals surface area contributed by atoms with Crippen LogP contribution in [0.15, 0.2) is 29.1 Å². The number of halogens is 1. The smallest absolute Gasteiger partial charge is 0.224 e. The molecule has 2 unspecified atom stereocenters. The molecule has 0 aromatic carbocycles. The molecular formula is C16H24IN3O2S. The molecule has 0 radical (unpaired) electrons. The topological polar surface area (TPSA) is 53.9 Å². The standard InChI is InChI=1S/C16H24IN3O2S/c1-6-10(2)15(18-5)22-9-16(3,4)19-14(21)13-11-7-20(23-17)8-12(11)13/h6,11-13H,1,5,7-9H2,2-4H3,(H,19,21)/b15-10+. The Bertz CT molecular complexity index is 523. The van der Waals surface area contributed by atoms with Gasteiger partial charge in [0.1, 0.15) is 6.61 Å². The summed E-state index contributed by atoms with van der Waals surface area (Å²) in [7, 11) is 1.73. The number of piperidine rings is 1. The van der Waals surface area contributed by atoms with Gasteiger partial charge < -0.3 is 10.1 Å². The van der Waals surface area contributed by atoms with Crippen LogP contribution in [0.1, 0.15) is 20.8 Å². The van der Waals surface area contributed by atoms with E-state index in [1.807, 2.05) is 20.8 Å². The molecule has 2 atom stereocenters. The molecule has 2 fully saturated rings. The third kappa shape index (κ3) is 4.51. The van der Waals surface area contributed by atoms with Crippen molar-refractivity contribution in [2.45, 2.75) is 26.3 Å². The number of rotatable bonds is 8. The van der Waals surface area contributed by atoms with Gasteiger partial charge in [-0.3, -0.25) is 4.79 Å². The van der Waals surface area contributed by atoms with E-state index < -0.39 is 5.54 Å². The Morgan fingerprint density at radius 1 is 1.52 bits per heavy atom. The van der Waals surface area contributed by atoms with Crippen LogP contribution in [0.4, 0.5) is 0 Å². The van der Waals surface area contributed by atoms with Gasteiger partial charge in [-0.1, -0.05) is 12.7 Å². The number of carbonyl (C=O) groups excluding carboxylic acids is 1. The maximum absolute atomic E-state index is 12.5. The van der Waals surface area contributed by atoms with Crippen LogP contribution in [-0.2, 0) is 9.53 Å². The van der Waals surface area contributed by atoms with Crippen LogP contribution < -0.4 is 5.32 Å². The lowest BCUT2D eigenvalue weighted by Crippen LogP contribution is -2.48. The van der Waals surface area contributed by atoms with E-state index in [-0.39, 0.29) is 11.8 Å². The molecule has 1 heterocycles. The summed E-state index contributed by atoms with van der Waals surface area (Å²) in [5.41, 5.74) is 0.374. The Kier molecular flexibility index (Phi) is 6.18. The Morgan fingerprint density at radius 3 is 2.61 bits per heavy atom. The van der Waals surface area contributed by atoms with Crippen LogP contribution in [0, 0.1) is 17.8 Å². The first kappa shape index (κ1) is 18.8. The van der Waals surface area contributed by atoms with Gasteiger partial charge in [0, 0.05) is 45.8 Å². The van der Waals surface area contributed by atoms with Crippen molar-refractivity contribution in [1.29, 1.82) is 0 Å². The number of amides is 1. The number of allylic oxidation sites excluding steroid dienone is 2. The first-order chi connectivity index (χ1) is 10.8. The molecule has 7 heteroatoms. The largest absolute Gasteiger partial charge is 0.475 e. The summed E-state index contributed by atoms with van der Waals surface area (Å²) in [5.74, 6) is 1.80. The Labute approximate surface area is 154 Å². The minimum Gasteiger partial charge on any atom is -0.475 e. The van der Waals surface area contributed by atoms with Crippen LogP contribution in [0.3, 0.4) is 0 Å². The van der Waals surface area contributed by atoms with Crippen LogP contribution in [0.5, 0.6) is 0 Å². The van der Waals surface area contributed by atoms with Crippen molar-refractivity contribution in [3.8, 4) is 0 Å². The lowest BCUT2D eigenvalue weighted by molar-refractivity contribution is -0.125. The fraction of sp³-hybridized carbons (Fsp3) is 0.625. The van der Waals surface area contributed by atoms with Gasteiger partial charge in [0.05, 0.1) is 5.54 Å². The molecule has 5 nitrogen and oxygen atoms in total. The summed E-state index contributed by atoms with van der Waals surface area (Å²) < 4.78 is 8.01. The summed E-state index contributed by atoms with van der Waals surface area (Å²) in [6.45, 7) is 15.4. The average Bonchev–Trinajstić information content (AvgIpc) is 3.02.